The van der Waals surface area contributed by atoms with Crippen LogP contribution >= 0.6 is 0 Å². The second-order valence-electron chi connectivity index (χ2n) is 9.50. The smallest absolute Gasteiger partial charge is 0.239 e. The minimum absolute atomic E-state index is 0.160. The van der Waals surface area contributed by atoms with Gasteiger partial charge in [-0.1, -0.05) is 60.7 Å². The second kappa shape index (κ2) is 6.39. The third kappa shape index (κ3) is 2.11. The molecule has 1 N–H and O–H groups in total. The fraction of sp³-hybridized carbons (Fsp3) is 0.286. The average Bonchev–Trinajstić information content (AvgIpc) is 3.06. The minimum atomic E-state index is -0.953. The first kappa shape index (κ1) is 19.4. The predicted molar refractivity (Wildman–Crippen MR) is 123 cm³/mol. The van der Waals surface area contributed by atoms with Gasteiger partial charge in [0.1, 0.15) is 0 Å². The topological polar surface area (TPSA) is 57.6 Å². The Hall–Kier alpha value is -3.24. The molecule has 0 spiro atoms. The van der Waals surface area contributed by atoms with Crippen molar-refractivity contribution >= 4 is 17.5 Å². The van der Waals surface area contributed by atoms with Gasteiger partial charge in [0, 0.05) is 5.92 Å². The van der Waals surface area contributed by atoms with E-state index in [0.29, 0.717) is 5.69 Å². The van der Waals surface area contributed by atoms with Crippen molar-refractivity contribution in [1.82, 2.24) is 0 Å². The Kier molecular flexibility index (Phi) is 3.89. The number of carbonyl (C=O) groups is 2. The lowest BCUT2D eigenvalue weighted by Gasteiger charge is -2.55. The van der Waals surface area contributed by atoms with Crippen molar-refractivity contribution in [2.24, 2.45) is 11.8 Å². The maximum absolute atomic E-state index is 14.1. The van der Waals surface area contributed by atoms with Gasteiger partial charge in [0.05, 0.1) is 29.0 Å². The maximum Gasteiger partial charge on any atom is 0.239 e. The summed E-state index contributed by atoms with van der Waals surface area (Å²) in [6, 6.07) is 21.9. The third-order valence-corrected chi connectivity index (χ3v) is 7.95. The lowest BCUT2D eigenvalue weighted by molar-refractivity contribution is -0.126. The van der Waals surface area contributed by atoms with E-state index in [1.165, 1.54) is 4.90 Å². The molecule has 1 fully saturated rings. The first-order valence-corrected chi connectivity index (χ1v) is 11.2. The number of hydrogen-bond donors (Lipinski definition) is 1. The van der Waals surface area contributed by atoms with E-state index in [-0.39, 0.29) is 17.7 Å². The zero-order valence-corrected chi connectivity index (χ0v) is 18.4. The average molecular weight is 424 g/mol. The largest absolute Gasteiger partial charge is 0.392 e. The first-order chi connectivity index (χ1) is 15.4. The van der Waals surface area contributed by atoms with Crippen molar-refractivity contribution < 1.29 is 14.7 Å². The number of imide groups is 1. The summed E-state index contributed by atoms with van der Waals surface area (Å²) in [6.45, 7) is 5.65. The van der Waals surface area contributed by atoms with Gasteiger partial charge in [0.15, 0.2) is 0 Å². The van der Waals surface area contributed by atoms with Crippen LogP contribution in [0.3, 0.4) is 0 Å². The fourth-order valence-corrected chi connectivity index (χ4v) is 6.74. The van der Waals surface area contributed by atoms with Crippen LogP contribution in [0.2, 0.25) is 0 Å². The molecule has 1 aliphatic heterocycles. The summed E-state index contributed by atoms with van der Waals surface area (Å²) in [7, 11) is 0. The van der Waals surface area contributed by atoms with E-state index in [2.05, 4.69) is 12.1 Å². The highest BCUT2D eigenvalue weighted by molar-refractivity contribution is 6.24. The number of carbonyl (C=O) groups excluding carboxylic acids is 2. The Bertz CT molecular complexity index is 1260. The van der Waals surface area contributed by atoms with Crippen LogP contribution in [0.15, 0.2) is 66.7 Å². The van der Waals surface area contributed by atoms with Gasteiger partial charge in [-0.3, -0.25) is 9.59 Å². The standard InChI is InChI=1S/C28H25NO3/c1-15-12-13-16(2)22(14-15)29-26(31)24-23-18-8-4-6-10-20(18)28(17(3)30,25(24)27(29)32)21-11-7-5-9-19(21)23/h4-14,17,23-25,30H,1-3H3/t17-,23?,24+,25-,28?/m1/s1. The molecule has 3 aromatic rings. The van der Waals surface area contributed by atoms with Gasteiger partial charge in [0.25, 0.3) is 0 Å². The maximum atomic E-state index is 14.1. The van der Waals surface area contributed by atoms with E-state index in [4.69, 9.17) is 0 Å². The Balaban J connectivity index is 1.67. The van der Waals surface area contributed by atoms with Crippen LogP contribution in [0, 0.1) is 25.7 Å². The molecule has 32 heavy (non-hydrogen) atoms. The molecule has 3 aromatic carbocycles. The van der Waals surface area contributed by atoms with Crippen molar-refractivity contribution in [1.29, 1.82) is 0 Å². The Morgan fingerprint density at radius 1 is 0.875 bits per heavy atom. The van der Waals surface area contributed by atoms with Crippen LogP contribution < -0.4 is 4.90 Å². The quantitative estimate of drug-likeness (QED) is 0.628. The SMILES string of the molecule is Cc1ccc(C)c(N2C(=O)[C@H]3C4c5ccccc5C([C@@H](C)O)(c5ccccc54)[C@H]3C2=O)c1. The molecular formula is C28H25NO3. The van der Waals surface area contributed by atoms with Crippen LogP contribution in [0.1, 0.15) is 46.2 Å². The number of amides is 2. The van der Waals surface area contributed by atoms with Gasteiger partial charge >= 0.3 is 0 Å². The highest BCUT2D eigenvalue weighted by Crippen LogP contribution is 2.65. The van der Waals surface area contributed by atoms with Crippen LogP contribution in [-0.2, 0) is 15.0 Å². The van der Waals surface area contributed by atoms with Gasteiger partial charge < -0.3 is 5.11 Å². The Morgan fingerprint density at radius 3 is 2.06 bits per heavy atom. The molecule has 0 saturated carbocycles. The molecule has 7 rings (SSSR count). The minimum Gasteiger partial charge on any atom is -0.392 e. The van der Waals surface area contributed by atoms with Crippen LogP contribution in [0.4, 0.5) is 5.69 Å². The van der Waals surface area contributed by atoms with E-state index in [9.17, 15) is 14.7 Å². The van der Waals surface area contributed by atoms with E-state index in [1.807, 2.05) is 68.4 Å². The summed E-state index contributed by atoms with van der Waals surface area (Å²) in [5, 5.41) is 11.4. The molecule has 1 heterocycles. The zero-order chi connectivity index (χ0) is 22.4. The van der Waals surface area contributed by atoms with Crippen LogP contribution in [0.5, 0.6) is 0 Å². The molecule has 4 aliphatic rings. The fourth-order valence-electron chi connectivity index (χ4n) is 6.74. The summed E-state index contributed by atoms with van der Waals surface area (Å²) in [5.41, 5.74) is 5.65. The van der Waals surface area contributed by atoms with Gasteiger partial charge in [-0.25, -0.2) is 4.90 Å². The van der Waals surface area contributed by atoms with Crippen molar-refractivity contribution in [3.05, 3.63) is 100 Å². The zero-order valence-electron chi connectivity index (χ0n) is 18.4. The van der Waals surface area contributed by atoms with Crippen LogP contribution in [-0.4, -0.2) is 23.0 Å². The summed E-state index contributed by atoms with van der Waals surface area (Å²) >= 11 is 0. The van der Waals surface area contributed by atoms with Crippen molar-refractivity contribution in [3.63, 3.8) is 0 Å². The van der Waals surface area contributed by atoms with Gasteiger partial charge in [-0.15, -0.1) is 0 Å². The van der Waals surface area contributed by atoms with E-state index < -0.39 is 23.4 Å². The number of aliphatic hydroxyl groups is 1. The Labute approximate surface area is 187 Å². The number of aryl methyl sites for hydroxylation is 2. The van der Waals surface area contributed by atoms with Gasteiger partial charge in [-0.2, -0.15) is 0 Å². The number of rotatable bonds is 2. The lowest BCUT2D eigenvalue weighted by Crippen LogP contribution is -2.58. The van der Waals surface area contributed by atoms with Gasteiger partial charge in [0.2, 0.25) is 11.8 Å². The molecule has 1 saturated heterocycles. The highest BCUT2D eigenvalue weighted by Gasteiger charge is 2.69. The lowest BCUT2D eigenvalue weighted by atomic mass is 9.46. The highest BCUT2D eigenvalue weighted by atomic mass is 16.3. The van der Waals surface area contributed by atoms with Gasteiger partial charge in [-0.05, 0) is 60.2 Å². The molecule has 3 atom stereocenters. The van der Waals surface area contributed by atoms with E-state index in [1.54, 1.807) is 6.92 Å². The summed E-state index contributed by atoms with van der Waals surface area (Å²) < 4.78 is 0. The van der Waals surface area contributed by atoms with Crippen LogP contribution in [0.25, 0.3) is 0 Å². The van der Waals surface area contributed by atoms with Crippen molar-refractivity contribution in [2.75, 3.05) is 4.90 Å². The Morgan fingerprint density at radius 2 is 1.47 bits per heavy atom. The normalized spacial score (nSPS) is 28.4. The third-order valence-electron chi connectivity index (χ3n) is 7.95. The molecule has 3 aliphatic carbocycles. The monoisotopic (exact) mass is 423 g/mol. The van der Waals surface area contributed by atoms with E-state index >= 15 is 0 Å². The molecule has 160 valence electrons. The molecule has 0 radical (unpaired) electrons. The number of nitrogens with zero attached hydrogens (tertiary/aromatic N) is 1. The van der Waals surface area contributed by atoms with E-state index in [0.717, 1.165) is 33.4 Å². The number of benzene rings is 3. The molecule has 4 heteroatoms. The molecule has 0 aromatic heterocycles. The predicted octanol–water partition coefficient (Wildman–Crippen LogP) is 4.24. The molecular weight excluding hydrogens is 398 g/mol. The number of anilines is 1. The van der Waals surface area contributed by atoms with Crippen molar-refractivity contribution in [2.45, 2.75) is 38.2 Å². The number of aliphatic hydroxyl groups excluding tert-OH is 1. The molecule has 2 amide bonds. The molecule has 4 nitrogen and oxygen atoms in total. The number of hydrogen-bond acceptors (Lipinski definition) is 3. The summed E-state index contributed by atoms with van der Waals surface area (Å²) in [5.74, 6) is -1.72. The molecule has 2 bridgehead atoms. The molecule has 0 unspecified atom stereocenters. The summed E-state index contributed by atoms with van der Waals surface area (Å²) in [4.78, 5) is 29.5. The second-order valence-corrected chi connectivity index (χ2v) is 9.50. The summed E-state index contributed by atoms with van der Waals surface area (Å²) in [6.07, 6.45) is -0.839. The first-order valence-electron chi connectivity index (χ1n) is 11.2. The van der Waals surface area contributed by atoms with Crippen molar-refractivity contribution in [3.8, 4) is 0 Å².